The van der Waals surface area contributed by atoms with Crippen molar-refractivity contribution in [3.63, 3.8) is 0 Å². The molecule has 0 aromatic heterocycles. The number of aliphatic carboxylic acids is 2. The number of carbonyl (C=O) groups is 2. The maximum Gasteiger partial charge on any atom is 0.331 e. The third-order valence-electron chi connectivity index (χ3n) is 3.33. The summed E-state index contributed by atoms with van der Waals surface area (Å²) in [6, 6.07) is 0. The van der Waals surface area contributed by atoms with Gasteiger partial charge in [-0.05, 0) is 25.7 Å². The zero-order valence-electron chi connectivity index (χ0n) is 10.0. The number of halogens is 2. The fourth-order valence-electron chi connectivity index (χ4n) is 2.01. The van der Waals surface area contributed by atoms with E-state index in [4.69, 9.17) is 5.11 Å². The Bertz CT molecular complexity index is 285. The minimum atomic E-state index is -1.20. The van der Waals surface area contributed by atoms with Gasteiger partial charge in [0, 0.05) is 11.8 Å². The van der Waals surface area contributed by atoms with Crippen LogP contribution < -0.4 is 0 Å². The van der Waals surface area contributed by atoms with Crippen LogP contribution in [0.4, 0.5) is 0 Å². The first-order valence-electron chi connectivity index (χ1n) is 5.56. The molecule has 0 aliphatic carbocycles. The minimum absolute atomic E-state index is 0.0669. The Morgan fingerprint density at radius 3 is 1.88 bits per heavy atom. The molecule has 0 saturated carbocycles. The molecule has 0 rings (SSSR count). The van der Waals surface area contributed by atoms with E-state index in [0.29, 0.717) is 25.7 Å². The number of carboxylic acids is 2. The Balaban J connectivity index is 4.90. The van der Waals surface area contributed by atoms with E-state index in [2.05, 4.69) is 31.9 Å². The van der Waals surface area contributed by atoms with Gasteiger partial charge in [-0.15, -0.1) is 0 Å². The first-order chi connectivity index (χ1) is 7.73. The van der Waals surface area contributed by atoms with Gasteiger partial charge in [-0.25, -0.2) is 4.79 Å². The van der Waals surface area contributed by atoms with Gasteiger partial charge in [0.2, 0.25) is 0 Å². The van der Waals surface area contributed by atoms with E-state index in [1.54, 1.807) is 0 Å². The molecule has 100 valence electrons. The second kappa shape index (κ2) is 6.73. The molecule has 0 aromatic carbocycles. The molecule has 0 saturated heterocycles. The van der Waals surface area contributed by atoms with Crippen molar-refractivity contribution in [2.24, 2.45) is 5.41 Å². The monoisotopic (exact) mass is 372 g/mol. The van der Waals surface area contributed by atoms with Crippen molar-refractivity contribution in [2.75, 3.05) is 0 Å². The molecule has 0 bridgehead atoms. The summed E-state index contributed by atoms with van der Waals surface area (Å²) in [5.74, 6) is -1.83. The summed E-state index contributed by atoms with van der Waals surface area (Å²) in [5, 5.41) is 17.9. The summed E-state index contributed by atoms with van der Waals surface area (Å²) in [5.41, 5.74) is -0.492. The molecule has 17 heavy (non-hydrogen) atoms. The van der Waals surface area contributed by atoms with E-state index in [1.807, 2.05) is 13.8 Å². The quantitative estimate of drug-likeness (QED) is 0.637. The highest BCUT2D eigenvalue weighted by atomic mass is 79.9. The zero-order chi connectivity index (χ0) is 13.7. The van der Waals surface area contributed by atoms with Crippen molar-refractivity contribution in [3.8, 4) is 0 Å². The highest BCUT2D eigenvalue weighted by molar-refractivity contribution is 9.26. The van der Waals surface area contributed by atoms with E-state index in [1.165, 1.54) is 0 Å². The Morgan fingerprint density at radius 2 is 1.59 bits per heavy atom. The first-order valence-corrected chi connectivity index (χ1v) is 7.15. The smallest absolute Gasteiger partial charge is 0.331 e. The summed E-state index contributed by atoms with van der Waals surface area (Å²) in [7, 11) is 0. The topological polar surface area (TPSA) is 74.6 Å². The lowest BCUT2D eigenvalue weighted by atomic mass is 9.75. The summed E-state index contributed by atoms with van der Waals surface area (Å²) in [4.78, 5) is 21.8. The number of alkyl halides is 2. The van der Waals surface area contributed by atoms with E-state index in [9.17, 15) is 14.7 Å². The van der Waals surface area contributed by atoms with Crippen LogP contribution in [0.2, 0.25) is 0 Å². The van der Waals surface area contributed by atoms with Gasteiger partial charge in [0.25, 0.3) is 0 Å². The molecule has 0 radical (unpaired) electrons. The van der Waals surface area contributed by atoms with Crippen LogP contribution >= 0.6 is 31.9 Å². The van der Waals surface area contributed by atoms with Crippen molar-refractivity contribution in [2.45, 2.75) is 49.2 Å². The van der Waals surface area contributed by atoms with Crippen LogP contribution in [-0.4, -0.2) is 25.4 Å². The molecule has 0 heterocycles. The van der Waals surface area contributed by atoms with E-state index in [0.717, 1.165) is 0 Å². The lowest BCUT2D eigenvalue weighted by molar-refractivity contribution is -0.140. The van der Waals surface area contributed by atoms with Gasteiger partial charge in [-0.3, -0.25) is 4.79 Å². The van der Waals surface area contributed by atoms with Crippen molar-refractivity contribution >= 4 is 43.8 Å². The molecule has 0 unspecified atom stereocenters. The summed E-state index contributed by atoms with van der Waals surface area (Å²) < 4.78 is -1.20. The van der Waals surface area contributed by atoms with E-state index >= 15 is 0 Å². The zero-order valence-corrected chi connectivity index (χ0v) is 13.2. The van der Waals surface area contributed by atoms with Gasteiger partial charge in [-0.2, -0.15) is 0 Å². The third kappa shape index (κ3) is 3.95. The van der Waals surface area contributed by atoms with Crippen LogP contribution in [-0.2, 0) is 9.59 Å². The number of hydrogen-bond donors (Lipinski definition) is 2. The standard InChI is InChI=1S/C11H18Br2O4/c1-3-10(4-2,7-5-6-8(14)15)11(12,13)9(16)17/h3-7H2,1-2H3,(H,14,15)(H,16,17). The highest BCUT2D eigenvalue weighted by Crippen LogP contribution is 2.52. The average molecular weight is 374 g/mol. The molecule has 0 aromatic rings. The average Bonchev–Trinajstić information content (AvgIpc) is 2.23. The SMILES string of the molecule is CCC(CC)(CCCC(=O)O)C(Br)(Br)C(=O)O. The summed E-state index contributed by atoms with van der Waals surface area (Å²) in [6.07, 6.45) is 2.41. The third-order valence-corrected chi connectivity index (χ3v) is 5.69. The minimum Gasteiger partial charge on any atom is -0.481 e. The Kier molecular flexibility index (Phi) is 6.69. The molecule has 6 heteroatoms. The maximum absolute atomic E-state index is 11.3. The molecule has 0 aliphatic heterocycles. The molecule has 4 nitrogen and oxygen atoms in total. The Morgan fingerprint density at radius 1 is 1.12 bits per heavy atom. The summed E-state index contributed by atoms with van der Waals surface area (Å²) >= 11 is 6.45. The first kappa shape index (κ1) is 16.9. The highest BCUT2D eigenvalue weighted by Gasteiger charge is 2.51. The number of rotatable bonds is 8. The molecule has 0 atom stereocenters. The van der Waals surface area contributed by atoms with Crippen LogP contribution in [0, 0.1) is 5.41 Å². The summed E-state index contributed by atoms with van der Waals surface area (Å²) in [6.45, 7) is 3.84. The van der Waals surface area contributed by atoms with Gasteiger partial charge < -0.3 is 10.2 Å². The lowest BCUT2D eigenvalue weighted by Gasteiger charge is -2.40. The van der Waals surface area contributed by atoms with Crippen LogP contribution in [0.5, 0.6) is 0 Å². The second-order valence-corrected chi connectivity index (χ2v) is 7.56. The molecule has 0 aliphatic rings. The lowest BCUT2D eigenvalue weighted by Crippen LogP contribution is -2.44. The van der Waals surface area contributed by atoms with Crippen molar-refractivity contribution < 1.29 is 19.8 Å². The molecule has 0 spiro atoms. The van der Waals surface area contributed by atoms with E-state index < -0.39 is 20.6 Å². The Hall–Kier alpha value is -0.100. The second-order valence-electron chi connectivity index (χ2n) is 4.11. The van der Waals surface area contributed by atoms with Crippen LogP contribution in [0.1, 0.15) is 46.0 Å². The number of carboxylic acid groups (broad SMARTS) is 2. The van der Waals surface area contributed by atoms with Gasteiger partial charge in [-0.1, -0.05) is 45.7 Å². The normalized spacial score (nSPS) is 12.5. The molecular formula is C11H18Br2O4. The largest absolute Gasteiger partial charge is 0.481 e. The maximum atomic E-state index is 11.3. The van der Waals surface area contributed by atoms with Crippen LogP contribution in [0.15, 0.2) is 0 Å². The molecule has 2 N–H and O–H groups in total. The van der Waals surface area contributed by atoms with Gasteiger partial charge in [0.1, 0.15) is 0 Å². The van der Waals surface area contributed by atoms with Crippen LogP contribution in [0.3, 0.4) is 0 Å². The molecule has 0 amide bonds. The van der Waals surface area contributed by atoms with Crippen LogP contribution in [0.25, 0.3) is 0 Å². The predicted octanol–water partition coefficient (Wildman–Crippen LogP) is 3.62. The molecular weight excluding hydrogens is 356 g/mol. The predicted molar refractivity (Wildman–Crippen MR) is 72.7 cm³/mol. The van der Waals surface area contributed by atoms with Gasteiger partial charge in [0.15, 0.2) is 3.23 Å². The van der Waals surface area contributed by atoms with Crippen molar-refractivity contribution in [3.05, 3.63) is 0 Å². The molecule has 0 fully saturated rings. The number of hydrogen-bond acceptors (Lipinski definition) is 2. The fraction of sp³-hybridized carbons (Fsp3) is 0.818. The van der Waals surface area contributed by atoms with Gasteiger partial charge >= 0.3 is 11.9 Å². The van der Waals surface area contributed by atoms with Crippen molar-refractivity contribution in [1.82, 2.24) is 0 Å². The van der Waals surface area contributed by atoms with E-state index in [-0.39, 0.29) is 6.42 Å². The Labute approximate surface area is 118 Å². The van der Waals surface area contributed by atoms with Gasteiger partial charge in [0.05, 0.1) is 0 Å². The fourth-order valence-corrected chi connectivity index (χ4v) is 3.53. The van der Waals surface area contributed by atoms with Crippen molar-refractivity contribution in [1.29, 1.82) is 0 Å².